The minimum atomic E-state index is -0.00859. The summed E-state index contributed by atoms with van der Waals surface area (Å²) >= 11 is 0. The molecule has 0 amide bonds. The summed E-state index contributed by atoms with van der Waals surface area (Å²) in [7, 11) is 0. The van der Waals surface area contributed by atoms with Gasteiger partial charge in [0.25, 0.3) is 0 Å². The predicted molar refractivity (Wildman–Crippen MR) is 89.7 cm³/mol. The van der Waals surface area contributed by atoms with Crippen molar-refractivity contribution in [1.82, 2.24) is 15.0 Å². The van der Waals surface area contributed by atoms with Gasteiger partial charge in [0.1, 0.15) is 18.4 Å². The average Bonchev–Trinajstić information content (AvgIpc) is 2.37. The highest BCUT2D eigenvalue weighted by molar-refractivity contribution is 5.46. The molecule has 1 aromatic carbocycles. The lowest BCUT2D eigenvalue weighted by Crippen LogP contribution is -2.16. The first-order valence-corrected chi connectivity index (χ1v) is 7.24. The predicted octanol–water partition coefficient (Wildman–Crippen LogP) is 3.44. The van der Waals surface area contributed by atoms with E-state index in [1.807, 2.05) is 18.2 Å². The van der Waals surface area contributed by atoms with E-state index in [0.29, 0.717) is 5.75 Å². The van der Waals surface area contributed by atoms with Crippen molar-refractivity contribution in [3.05, 3.63) is 42.0 Å². The summed E-state index contributed by atoms with van der Waals surface area (Å²) in [5.41, 5.74) is 7.12. The van der Waals surface area contributed by atoms with Crippen LogP contribution in [0.25, 0.3) is 0 Å². The molecule has 120 valence electrons. The molecule has 1 aromatic heterocycles. The van der Waals surface area contributed by atoms with Crippen molar-refractivity contribution in [3.8, 4) is 5.75 Å². The van der Waals surface area contributed by atoms with Gasteiger partial charge in [-0.05, 0) is 22.0 Å². The van der Waals surface area contributed by atoms with E-state index in [1.165, 1.54) is 12.7 Å². The molecule has 2 rings (SSSR count). The molecule has 0 radical (unpaired) electrons. The standard InChI is InChI=1S/C14H22O.C3H4N4/c1-13(2,3)10-8-7-9-11(12(10)15)14(4,5)6;4-3-6-1-5-2-7-3/h7-9,15H,1-6H3;1-2H,(H2,4,5,6,7). The van der Waals surface area contributed by atoms with E-state index in [1.54, 1.807) is 0 Å². The average molecular weight is 302 g/mol. The Morgan fingerprint density at radius 2 is 1.27 bits per heavy atom. The molecular weight excluding hydrogens is 276 g/mol. The number of aromatic hydroxyl groups is 1. The van der Waals surface area contributed by atoms with Gasteiger partial charge in [-0.2, -0.15) is 0 Å². The Hall–Kier alpha value is -2.17. The number of nitrogen functional groups attached to an aromatic ring is 1. The zero-order chi connectivity index (χ0) is 17.0. The van der Waals surface area contributed by atoms with Gasteiger partial charge < -0.3 is 10.8 Å². The largest absolute Gasteiger partial charge is 0.507 e. The summed E-state index contributed by atoms with van der Waals surface area (Å²) in [6.07, 6.45) is 2.70. The minimum absolute atomic E-state index is 0.00859. The molecule has 0 saturated carbocycles. The van der Waals surface area contributed by atoms with Crippen molar-refractivity contribution in [2.24, 2.45) is 0 Å². The van der Waals surface area contributed by atoms with Crippen molar-refractivity contribution < 1.29 is 5.11 Å². The second-order valence-electron chi connectivity index (χ2n) is 7.20. The number of aromatic nitrogens is 3. The maximum atomic E-state index is 10.3. The maximum Gasteiger partial charge on any atom is 0.222 e. The highest BCUT2D eigenvalue weighted by Gasteiger charge is 2.24. The van der Waals surface area contributed by atoms with Gasteiger partial charge in [-0.15, -0.1) is 0 Å². The molecule has 0 aliphatic rings. The van der Waals surface area contributed by atoms with Gasteiger partial charge in [-0.3, -0.25) is 0 Å². The van der Waals surface area contributed by atoms with Crippen molar-refractivity contribution >= 4 is 5.95 Å². The van der Waals surface area contributed by atoms with Crippen LogP contribution in [-0.4, -0.2) is 20.1 Å². The molecule has 3 N–H and O–H groups in total. The third kappa shape index (κ3) is 4.98. The van der Waals surface area contributed by atoms with Gasteiger partial charge in [-0.1, -0.05) is 59.7 Å². The maximum absolute atomic E-state index is 10.3. The fraction of sp³-hybridized carbons (Fsp3) is 0.471. The number of phenols is 1. The second kappa shape index (κ2) is 6.73. The van der Waals surface area contributed by atoms with E-state index in [2.05, 4.69) is 56.5 Å². The SMILES string of the molecule is CC(C)(C)c1cccc(C(C)(C)C)c1O.Nc1ncncn1. The fourth-order valence-corrected chi connectivity index (χ4v) is 2.00. The van der Waals surface area contributed by atoms with Crippen molar-refractivity contribution in [2.75, 3.05) is 5.73 Å². The van der Waals surface area contributed by atoms with E-state index in [-0.39, 0.29) is 16.8 Å². The molecule has 0 aliphatic carbocycles. The van der Waals surface area contributed by atoms with Crippen molar-refractivity contribution in [2.45, 2.75) is 52.4 Å². The normalized spacial score (nSPS) is 11.5. The zero-order valence-electron chi connectivity index (χ0n) is 14.3. The number of phenolic OH excluding ortho intramolecular Hbond substituents is 1. The number of hydrogen-bond donors (Lipinski definition) is 2. The van der Waals surface area contributed by atoms with Gasteiger partial charge in [0.2, 0.25) is 5.95 Å². The first-order valence-electron chi connectivity index (χ1n) is 7.24. The highest BCUT2D eigenvalue weighted by atomic mass is 16.3. The van der Waals surface area contributed by atoms with E-state index in [4.69, 9.17) is 5.73 Å². The molecule has 0 spiro atoms. The Morgan fingerprint density at radius 3 is 1.55 bits per heavy atom. The van der Waals surface area contributed by atoms with Crippen LogP contribution >= 0.6 is 0 Å². The Balaban J connectivity index is 0.000000287. The quantitative estimate of drug-likeness (QED) is 0.778. The monoisotopic (exact) mass is 302 g/mol. The Bertz CT molecular complexity index is 566. The minimum Gasteiger partial charge on any atom is -0.507 e. The van der Waals surface area contributed by atoms with Crippen LogP contribution in [0.5, 0.6) is 5.75 Å². The van der Waals surface area contributed by atoms with Crippen LogP contribution in [0.3, 0.4) is 0 Å². The van der Waals surface area contributed by atoms with Gasteiger partial charge in [0.05, 0.1) is 0 Å². The summed E-state index contributed by atoms with van der Waals surface area (Å²) in [4.78, 5) is 10.6. The summed E-state index contributed by atoms with van der Waals surface area (Å²) in [5, 5.41) is 10.3. The van der Waals surface area contributed by atoms with Crippen LogP contribution in [-0.2, 0) is 10.8 Å². The number of hydrogen-bond acceptors (Lipinski definition) is 5. The molecule has 0 fully saturated rings. The highest BCUT2D eigenvalue weighted by Crippen LogP contribution is 2.38. The molecule has 0 aliphatic heterocycles. The third-order valence-electron chi connectivity index (χ3n) is 3.17. The number of nitrogens with two attached hydrogens (primary N) is 1. The first kappa shape index (κ1) is 17.9. The van der Waals surface area contributed by atoms with E-state index >= 15 is 0 Å². The molecule has 0 saturated heterocycles. The Morgan fingerprint density at radius 1 is 0.864 bits per heavy atom. The number of anilines is 1. The Labute approximate surface area is 132 Å². The van der Waals surface area contributed by atoms with Gasteiger partial charge in [0, 0.05) is 0 Å². The van der Waals surface area contributed by atoms with Crippen LogP contribution < -0.4 is 5.73 Å². The van der Waals surface area contributed by atoms with Crippen LogP contribution in [0.1, 0.15) is 52.7 Å². The summed E-state index contributed by atoms with van der Waals surface area (Å²) in [6.45, 7) is 12.7. The van der Waals surface area contributed by atoms with E-state index in [0.717, 1.165) is 11.1 Å². The fourth-order valence-electron chi connectivity index (χ4n) is 2.00. The van der Waals surface area contributed by atoms with Crippen molar-refractivity contribution in [1.29, 1.82) is 0 Å². The summed E-state index contributed by atoms with van der Waals surface area (Å²) < 4.78 is 0. The van der Waals surface area contributed by atoms with Crippen molar-refractivity contribution in [3.63, 3.8) is 0 Å². The molecular formula is C17H26N4O. The van der Waals surface area contributed by atoms with Crippen LogP contribution in [0, 0.1) is 0 Å². The molecule has 1 heterocycles. The second-order valence-corrected chi connectivity index (χ2v) is 7.20. The van der Waals surface area contributed by atoms with Gasteiger partial charge >= 0.3 is 0 Å². The number of rotatable bonds is 0. The smallest absolute Gasteiger partial charge is 0.222 e. The van der Waals surface area contributed by atoms with Gasteiger partial charge in [0.15, 0.2) is 0 Å². The van der Waals surface area contributed by atoms with Gasteiger partial charge in [-0.25, -0.2) is 15.0 Å². The molecule has 0 unspecified atom stereocenters. The van der Waals surface area contributed by atoms with E-state index < -0.39 is 0 Å². The lowest BCUT2D eigenvalue weighted by Gasteiger charge is -2.26. The molecule has 0 bridgehead atoms. The topological polar surface area (TPSA) is 84.9 Å². The molecule has 5 heteroatoms. The lowest BCUT2D eigenvalue weighted by molar-refractivity contribution is 0.423. The first-order chi connectivity index (χ1) is 10.0. The molecule has 2 aromatic rings. The van der Waals surface area contributed by atoms with E-state index in [9.17, 15) is 5.11 Å². The Kier molecular flexibility index (Phi) is 5.47. The zero-order valence-corrected chi connectivity index (χ0v) is 14.3. The number of nitrogens with zero attached hydrogens (tertiary/aromatic N) is 3. The molecule has 22 heavy (non-hydrogen) atoms. The lowest BCUT2D eigenvalue weighted by atomic mass is 9.80. The molecule has 0 atom stereocenters. The molecule has 5 nitrogen and oxygen atoms in total. The van der Waals surface area contributed by atoms with Crippen LogP contribution in [0.15, 0.2) is 30.9 Å². The number of para-hydroxylation sites is 1. The summed E-state index contributed by atoms with van der Waals surface area (Å²) in [5.74, 6) is 0.715. The number of benzene rings is 1. The summed E-state index contributed by atoms with van der Waals surface area (Å²) in [6, 6.07) is 6.04. The van der Waals surface area contributed by atoms with Crippen LogP contribution in [0.2, 0.25) is 0 Å². The van der Waals surface area contributed by atoms with Crippen LogP contribution in [0.4, 0.5) is 5.95 Å². The third-order valence-corrected chi connectivity index (χ3v) is 3.17.